The smallest absolute Gasteiger partial charge is 0.221 e. The highest BCUT2D eigenvalue weighted by molar-refractivity contribution is 5.78. The SMILES string of the molecule is Cc1ccc(-c2cnc(N)n2N=Cc2ccc(-c3ccc(F)cc3)o2)cc1. The minimum absolute atomic E-state index is 0.284. The Kier molecular flexibility index (Phi) is 4.30. The molecule has 0 spiro atoms. The van der Waals surface area contributed by atoms with Gasteiger partial charge in [0.25, 0.3) is 0 Å². The number of rotatable bonds is 4. The summed E-state index contributed by atoms with van der Waals surface area (Å²) >= 11 is 0. The van der Waals surface area contributed by atoms with Crippen LogP contribution in [0.15, 0.2) is 76.4 Å². The molecule has 2 heterocycles. The van der Waals surface area contributed by atoms with Gasteiger partial charge in [0.1, 0.15) is 17.3 Å². The first-order chi connectivity index (χ1) is 13.1. The average molecular weight is 360 g/mol. The lowest BCUT2D eigenvalue weighted by Crippen LogP contribution is -1.99. The zero-order chi connectivity index (χ0) is 18.8. The molecule has 0 aliphatic heterocycles. The van der Waals surface area contributed by atoms with Crippen molar-refractivity contribution >= 4 is 12.2 Å². The van der Waals surface area contributed by atoms with Crippen molar-refractivity contribution in [3.05, 3.63) is 84.0 Å². The van der Waals surface area contributed by atoms with E-state index < -0.39 is 0 Å². The van der Waals surface area contributed by atoms with E-state index in [0.29, 0.717) is 11.5 Å². The quantitative estimate of drug-likeness (QED) is 0.535. The third kappa shape index (κ3) is 3.50. The lowest BCUT2D eigenvalue weighted by atomic mass is 10.1. The van der Waals surface area contributed by atoms with Gasteiger partial charge in [-0.25, -0.2) is 9.37 Å². The minimum Gasteiger partial charge on any atom is -0.455 e. The number of furan rings is 1. The first kappa shape index (κ1) is 16.8. The van der Waals surface area contributed by atoms with Crippen molar-refractivity contribution in [2.75, 3.05) is 5.73 Å². The van der Waals surface area contributed by atoms with Crippen molar-refractivity contribution < 1.29 is 8.81 Å². The van der Waals surface area contributed by atoms with Crippen molar-refractivity contribution in [3.8, 4) is 22.6 Å². The Bertz CT molecular complexity index is 1090. The van der Waals surface area contributed by atoms with E-state index in [1.54, 1.807) is 35.3 Å². The third-order valence-corrected chi connectivity index (χ3v) is 4.17. The van der Waals surface area contributed by atoms with Crippen molar-refractivity contribution in [2.45, 2.75) is 6.92 Å². The maximum absolute atomic E-state index is 13.1. The molecule has 0 radical (unpaired) electrons. The number of halogens is 1. The number of anilines is 1. The van der Waals surface area contributed by atoms with Crippen molar-refractivity contribution in [1.29, 1.82) is 0 Å². The average Bonchev–Trinajstić information content (AvgIpc) is 3.28. The maximum atomic E-state index is 13.1. The number of hydrogen-bond donors (Lipinski definition) is 1. The molecule has 0 amide bonds. The fraction of sp³-hybridized carbons (Fsp3) is 0.0476. The number of imidazole rings is 1. The number of nitrogens with two attached hydrogens (primary N) is 1. The number of aromatic nitrogens is 2. The zero-order valence-corrected chi connectivity index (χ0v) is 14.6. The van der Waals surface area contributed by atoms with Crippen molar-refractivity contribution in [1.82, 2.24) is 9.66 Å². The van der Waals surface area contributed by atoms with E-state index in [1.165, 1.54) is 17.7 Å². The summed E-state index contributed by atoms with van der Waals surface area (Å²) in [6.07, 6.45) is 3.26. The molecule has 0 atom stereocenters. The largest absolute Gasteiger partial charge is 0.455 e. The Labute approximate surface area is 155 Å². The van der Waals surface area contributed by atoms with E-state index in [-0.39, 0.29) is 11.8 Å². The number of benzene rings is 2. The van der Waals surface area contributed by atoms with Gasteiger partial charge in [0.05, 0.1) is 18.1 Å². The van der Waals surface area contributed by atoms with Gasteiger partial charge >= 0.3 is 0 Å². The standard InChI is InChI=1S/C21H17FN4O/c1-14-2-4-15(5-3-14)19-13-24-21(23)26(19)25-12-18-10-11-20(27-18)16-6-8-17(22)9-7-16/h2-13H,1H3,(H2,23,24). The van der Waals surface area contributed by atoms with Gasteiger partial charge in [-0.1, -0.05) is 29.8 Å². The fourth-order valence-corrected chi connectivity index (χ4v) is 2.71. The normalized spacial score (nSPS) is 11.3. The maximum Gasteiger partial charge on any atom is 0.221 e. The topological polar surface area (TPSA) is 69.3 Å². The highest BCUT2D eigenvalue weighted by atomic mass is 19.1. The molecule has 0 saturated carbocycles. The van der Waals surface area contributed by atoms with Crippen LogP contribution >= 0.6 is 0 Å². The Morgan fingerprint density at radius 3 is 2.44 bits per heavy atom. The Morgan fingerprint density at radius 2 is 1.70 bits per heavy atom. The molecule has 5 nitrogen and oxygen atoms in total. The van der Waals surface area contributed by atoms with Crippen LogP contribution in [0.5, 0.6) is 0 Å². The molecule has 0 aliphatic carbocycles. The first-order valence-corrected chi connectivity index (χ1v) is 8.40. The second kappa shape index (κ2) is 6.92. The highest BCUT2D eigenvalue weighted by Crippen LogP contribution is 2.24. The summed E-state index contributed by atoms with van der Waals surface area (Å²) in [6, 6.07) is 17.8. The van der Waals surface area contributed by atoms with Gasteiger partial charge in [0.2, 0.25) is 5.95 Å². The van der Waals surface area contributed by atoms with Gasteiger partial charge < -0.3 is 10.2 Å². The Balaban J connectivity index is 1.61. The molecule has 0 aliphatic rings. The molecule has 0 unspecified atom stereocenters. The molecule has 0 saturated heterocycles. The number of aryl methyl sites for hydroxylation is 1. The predicted molar refractivity (Wildman–Crippen MR) is 104 cm³/mol. The van der Waals surface area contributed by atoms with Crippen LogP contribution in [-0.4, -0.2) is 15.9 Å². The third-order valence-electron chi connectivity index (χ3n) is 4.17. The molecule has 6 heteroatoms. The van der Waals surface area contributed by atoms with Gasteiger partial charge in [-0.3, -0.25) is 0 Å². The summed E-state index contributed by atoms with van der Waals surface area (Å²) in [5, 5.41) is 4.41. The molecule has 4 aromatic rings. The molecule has 0 fully saturated rings. The number of nitrogen functional groups attached to an aromatic ring is 1. The van der Waals surface area contributed by atoms with Gasteiger partial charge in [0, 0.05) is 11.1 Å². The summed E-state index contributed by atoms with van der Waals surface area (Å²) in [5.74, 6) is 1.18. The molecule has 27 heavy (non-hydrogen) atoms. The number of nitrogens with zero attached hydrogens (tertiary/aromatic N) is 3. The molecule has 134 valence electrons. The summed E-state index contributed by atoms with van der Waals surface area (Å²) in [4.78, 5) is 4.15. The Morgan fingerprint density at radius 1 is 1.00 bits per heavy atom. The second-order valence-corrected chi connectivity index (χ2v) is 6.13. The second-order valence-electron chi connectivity index (χ2n) is 6.13. The first-order valence-electron chi connectivity index (χ1n) is 8.40. The Hall–Kier alpha value is -3.67. The molecule has 2 aromatic heterocycles. The van der Waals surface area contributed by atoms with Crippen LogP contribution in [0.4, 0.5) is 10.3 Å². The van der Waals surface area contributed by atoms with Gasteiger partial charge in [-0.2, -0.15) is 9.78 Å². The molecule has 0 bridgehead atoms. The lowest BCUT2D eigenvalue weighted by molar-refractivity contribution is 0.573. The lowest BCUT2D eigenvalue weighted by Gasteiger charge is -2.04. The van der Waals surface area contributed by atoms with Crippen molar-refractivity contribution in [3.63, 3.8) is 0 Å². The van der Waals surface area contributed by atoms with Gasteiger partial charge in [-0.15, -0.1) is 0 Å². The predicted octanol–water partition coefficient (Wildman–Crippen LogP) is 4.72. The van der Waals surface area contributed by atoms with Crippen molar-refractivity contribution in [2.24, 2.45) is 5.10 Å². The van der Waals surface area contributed by atoms with E-state index >= 15 is 0 Å². The van der Waals surface area contributed by atoms with Gasteiger partial charge in [0.15, 0.2) is 0 Å². The summed E-state index contributed by atoms with van der Waals surface area (Å²) in [5.41, 5.74) is 9.67. The monoisotopic (exact) mass is 360 g/mol. The van der Waals surface area contributed by atoms with E-state index in [1.807, 2.05) is 37.3 Å². The van der Waals surface area contributed by atoms with E-state index in [2.05, 4.69) is 10.1 Å². The highest BCUT2D eigenvalue weighted by Gasteiger charge is 2.09. The molecule has 2 aromatic carbocycles. The molecular weight excluding hydrogens is 343 g/mol. The molecule has 2 N–H and O–H groups in total. The van der Waals surface area contributed by atoms with Crippen LogP contribution in [0.2, 0.25) is 0 Å². The number of hydrogen-bond acceptors (Lipinski definition) is 4. The summed E-state index contributed by atoms with van der Waals surface area (Å²) < 4.78 is 20.4. The van der Waals surface area contributed by atoms with Crippen LogP contribution in [0, 0.1) is 12.7 Å². The fourth-order valence-electron chi connectivity index (χ4n) is 2.71. The summed E-state index contributed by atoms with van der Waals surface area (Å²) in [6.45, 7) is 2.03. The molecule has 4 rings (SSSR count). The zero-order valence-electron chi connectivity index (χ0n) is 14.6. The molecular formula is C21H17FN4O. The van der Waals surface area contributed by atoms with Crippen LogP contribution < -0.4 is 5.73 Å². The van der Waals surface area contributed by atoms with Crippen LogP contribution in [0.25, 0.3) is 22.6 Å². The minimum atomic E-state index is -0.286. The van der Waals surface area contributed by atoms with E-state index in [9.17, 15) is 4.39 Å². The van der Waals surface area contributed by atoms with Crippen LogP contribution in [0.1, 0.15) is 11.3 Å². The van der Waals surface area contributed by atoms with E-state index in [4.69, 9.17) is 10.2 Å². The van der Waals surface area contributed by atoms with Crippen LogP contribution in [0.3, 0.4) is 0 Å². The summed E-state index contributed by atoms with van der Waals surface area (Å²) in [7, 11) is 0. The van der Waals surface area contributed by atoms with Crippen LogP contribution in [-0.2, 0) is 0 Å². The van der Waals surface area contributed by atoms with Gasteiger partial charge in [-0.05, 0) is 43.3 Å². The van der Waals surface area contributed by atoms with E-state index in [0.717, 1.165) is 16.8 Å².